The summed E-state index contributed by atoms with van der Waals surface area (Å²) in [6.45, 7) is 17.4. The van der Waals surface area contributed by atoms with Crippen molar-refractivity contribution >= 4 is 6.09 Å². The van der Waals surface area contributed by atoms with Crippen molar-refractivity contribution in [2.45, 2.75) is 78.9 Å². The second-order valence-electron chi connectivity index (χ2n) is 9.37. The van der Waals surface area contributed by atoms with Crippen LogP contribution in [0.2, 0.25) is 0 Å². The Balaban J connectivity index is 1.74. The van der Waals surface area contributed by atoms with E-state index in [1.807, 2.05) is 4.90 Å². The van der Waals surface area contributed by atoms with E-state index in [9.17, 15) is 4.79 Å². The summed E-state index contributed by atoms with van der Waals surface area (Å²) in [4.78, 5) is 16.8. The van der Waals surface area contributed by atoms with E-state index in [0.29, 0.717) is 11.3 Å². The Hall–Kier alpha value is -0.770. The number of nitrogens with zero attached hydrogens (tertiary/aromatic N) is 2. The summed E-state index contributed by atoms with van der Waals surface area (Å²) >= 11 is 0. The molecule has 4 heteroatoms. The molecule has 134 valence electrons. The van der Waals surface area contributed by atoms with Crippen LogP contribution in [0.15, 0.2) is 0 Å². The maximum atomic E-state index is 12.4. The summed E-state index contributed by atoms with van der Waals surface area (Å²) in [5.41, 5.74) is 0.555. The molecular formula is C19H36N2O2. The van der Waals surface area contributed by atoms with E-state index in [0.717, 1.165) is 51.9 Å². The van der Waals surface area contributed by atoms with E-state index in [2.05, 4.69) is 46.4 Å². The minimum atomic E-state index is -0.0911. The van der Waals surface area contributed by atoms with Gasteiger partial charge in [-0.25, -0.2) is 4.79 Å². The summed E-state index contributed by atoms with van der Waals surface area (Å²) in [6.07, 6.45) is 4.12. The Morgan fingerprint density at radius 3 is 1.83 bits per heavy atom. The monoisotopic (exact) mass is 324 g/mol. The number of hydrogen-bond acceptors (Lipinski definition) is 3. The van der Waals surface area contributed by atoms with Gasteiger partial charge in [0.25, 0.3) is 0 Å². The fraction of sp³-hybridized carbons (Fsp3) is 0.947. The van der Waals surface area contributed by atoms with Crippen molar-refractivity contribution in [3.8, 4) is 0 Å². The van der Waals surface area contributed by atoms with Gasteiger partial charge in [-0.1, -0.05) is 20.8 Å². The third-order valence-electron chi connectivity index (χ3n) is 5.64. The van der Waals surface area contributed by atoms with Crippen molar-refractivity contribution in [2.75, 3.05) is 26.2 Å². The maximum Gasteiger partial charge on any atom is 0.410 e. The number of amides is 1. The lowest BCUT2D eigenvalue weighted by Crippen LogP contribution is -2.49. The molecular weight excluding hydrogens is 288 g/mol. The molecule has 0 atom stereocenters. The van der Waals surface area contributed by atoms with Crippen LogP contribution in [0, 0.1) is 11.3 Å². The Labute approximate surface area is 142 Å². The molecule has 2 rings (SSSR count). The zero-order valence-electron chi connectivity index (χ0n) is 16.0. The Morgan fingerprint density at radius 2 is 1.39 bits per heavy atom. The van der Waals surface area contributed by atoms with Crippen LogP contribution in [0.3, 0.4) is 0 Å². The Morgan fingerprint density at radius 1 is 0.870 bits per heavy atom. The molecule has 0 bridgehead atoms. The number of carbonyl (C=O) groups is 1. The molecule has 0 radical (unpaired) electrons. The van der Waals surface area contributed by atoms with Crippen LogP contribution < -0.4 is 0 Å². The van der Waals surface area contributed by atoms with Crippen molar-refractivity contribution in [3.63, 3.8) is 0 Å². The summed E-state index contributed by atoms with van der Waals surface area (Å²) in [5.74, 6) is 0.710. The van der Waals surface area contributed by atoms with Gasteiger partial charge in [0.2, 0.25) is 0 Å². The van der Waals surface area contributed by atoms with Gasteiger partial charge in [-0.2, -0.15) is 0 Å². The third-order valence-corrected chi connectivity index (χ3v) is 5.64. The fourth-order valence-electron chi connectivity index (χ4n) is 3.79. The molecule has 23 heavy (non-hydrogen) atoms. The topological polar surface area (TPSA) is 32.8 Å². The predicted octanol–water partition coefficient (Wildman–Crippen LogP) is 4.14. The van der Waals surface area contributed by atoms with Gasteiger partial charge >= 0.3 is 6.09 Å². The second-order valence-corrected chi connectivity index (χ2v) is 9.37. The Kier molecular flexibility index (Phi) is 5.65. The van der Waals surface area contributed by atoms with Gasteiger partial charge in [-0.15, -0.1) is 0 Å². The van der Waals surface area contributed by atoms with Gasteiger partial charge in [-0.05, 0) is 57.8 Å². The van der Waals surface area contributed by atoms with E-state index < -0.39 is 0 Å². The van der Waals surface area contributed by atoms with Crippen LogP contribution in [0.1, 0.15) is 67.2 Å². The first-order valence-corrected chi connectivity index (χ1v) is 9.28. The first-order chi connectivity index (χ1) is 10.6. The summed E-state index contributed by atoms with van der Waals surface area (Å²) in [7, 11) is 0. The van der Waals surface area contributed by atoms with Gasteiger partial charge in [0.05, 0.1) is 0 Å². The van der Waals surface area contributed by atoms with E-state index in [1.165, 1.54) is 0 Å². The van der Waals surface area contributed by atoms with Crippen molar-refractivity contribution in [2.24, 2.45) is 11.3 Å². The molecule has 2 aliphatic heterocycles. The van der Waals surface area contributed by atoms with Crippen molar-refractivity contribution in [1.82, 2.24) is 9.80 Å². The first kappa shape index (κ1) is 18.6. The molecule has 1 amide bonds. The molecule has 2 saturated heterocycles. The van der Waals surface area contributed by atoms with E-state index >= 15 is 0 Å². The quantitative estimate of drug-likeness (QED) is 0.726. The molecule has 2 heterocycles. The number of piperidine rings is 2. The predicted molar refractivity (Wildman–Crippen MR) is 94.6 cm³/mol. The minimum absolute atomic E-state index is 0.0911. The summed E-state index contributed by atoms with van der Waals surface area (Å²) in [6, 6.07) is 0. The van der Waals surface area contributed by atoms with Crippen LogP contribution in [-0.4, -0.2) is 53.7 Å². The molecule has 4 nitrogen and oxygen atoms in total. The molecule has 0 spiro atoms. The van der Waals surface area contributed by atoms with Gasteiger partial charge in [0.1, 0.15) is 6.10 Å². The smallest absolute Gasteiger partial charge is 0.410 e. The van der Waals surface area contributed by atoms with Gasteiger partial charge < -0.3 is 9.64 Å². The molecule has 0 N–H and O–H groups in total. The van der Waals surface area contributed by atoms with E-state index in [4.69, 9.17) is 4.74 Å². The molecule has 0 aliphatic carbocycles. The molecule has 2 fully saturated rings. The van der Waals surface area contributed by atoms with Crippen molar-refractivity contribution < 1.29 is 9.53 Å². The number of rotatable bonds is 1. The zero-order valence-corrected chi connectivity index (χ0v) is 16.0. The zero-order chi connectivity index (χ0) is 17.3. The van der Waals surface area contributed by atoms with Crippen molar-refractivity contribution in [1.29, 1.82) is 0 Å². The maximum absolute atomic E-state index is 12.4. The molecule has 2 aliphatic rings. The molecule has 0 aromatic rings. The fourth-order valence-corrected chi connectivity index (χ4v) is 3.79. The molecule has 0 aromatic heterocycles. The van der Waals surface area contributed by atoms with Crippen LogP contribution in [0.25, 0.3) is 0 Å². The lowest BCUT2D eigenvalue weighted by molar-refractivity contribution is 0.00109. The third kappa shape index (κ3) is 5.10. The standard InChI is InChI=1S/C19H36N2O2/c1-18(2,3)15-7-11-20(12-8-15)17(22)23-16-9-13-21(14-10-16)19(4,5)6/h15-16H,7-14H2,1-6H3. The van der Waals surface area contributed by atoms with E-state index in [-0.39, 0.29) is 17.7 Å². The highest BCUT2D eigenvalue weighted by Crippen LogP contribution is 2.34. The number of carbonyl (C=O) groups excluding carboxylic acids is 1. The lowest BCUT2D eigenvalue weighted by atomic mass is 9.75. The van der Waals surface area contributed by atoms with Crippen LogP contribution in [-0.2, 0) is 4.74 Å². The summed E-state index contributed by atoms with van der Waals surface area (Å²) in [5, 5.41) is 0. The number of likely N-dealkylation sites (tertiary alicyclic amines) is 2. The average molecular weight is 325 g/mol. The number of ether oxygens (including phenoxy) is 1. The molecule has 0 saturated carbocycles. The van der Waals surface area contributed by atoms with Crippen molar-refractivity contribution in [3.05, 3.63) is 0 Å². The van der Waals surface area contributed by atoms with Crippen LogP contribution in [0.5, 0.6) is 0 Å². The van der Waals surface area contributed by atoms with Gasteiger partial charge in [-0.3, -0.25) is 4.90 Å². The summed E-state index contributed by atoms with van der Waals surface area (Å²) < 4.78 is 5.77. The number of hydrogen-bond donors (Lipinski definition) is 0. The second kappa shape index (κ2) is 7.00. The lowest BCUT2D eigenvalue weighted by Gasteiger charge is -2.41. The normalized spacial score (nSPS) is 23.1. The van der Waals surface area contributed by atoms with E-state index in [1.54, 1.807) is 0 Å². The van der Waals surface area contributed by atoms with Crippen LogP contribution in [0.4, 0.5) is 4.79 Å². The molecule has 0 aromatic carbocycles. The minimum Gasteiger partial charge on any atom is -0.446 e. The van der Waals surface area contributed by atoms with Crippen LogP contribution >= 0.6 is 0 Å². The highest BCUT2D eigenvalue weighted by atomic mass is 16.6. The largest absolute Gasteiger partial charge is 0.446 e. The van der Waals surface area contributed by atoms with Gasteiger partial charge in [0, 0.05) is 31.7 Å². The highest BCUT2D eigenvalue weighted by Gasteiger charge is 2.33. The molecule has 0 unspecified atom stereocenters. The first-order valence-electron chi connectivity index (χ1n) is 9.28. The SMILES string of the molecule is CC(C)(C)C1CCN(C(=O)OC2CCN(C(C)(C)C)CC2)CC1. The highest BCUT2D eigenvalue weighted by molar-refractivity contribution is 5.67. The average Bonchev–Trinajstić information content (AvgIpc) is 2.46. The van der Waals surface area contributed by atoms with Gasteiger partial charge in [0.15, 0.2) is 0 Å². The Bertz CT molecular complexity index is 393.